The van der Waals surface area contributed by atoms with Gasteiger partial charge in [-0.15, -0.1) is 0 Å². The third-order valence-corrected chi connectivity index (χ3v) is 8.29. The van der Waals surface area contributed by atoms with Crippen LogP contribution < -0.4 is 10.6 Å². The van der Waals surface area contributed by atoms with Crippen molar-refractivity contribution < 1.29 is 4.79 Å². The van der Waals surface area contributed by atoms with Crippen molar-refractivity contribution in [2.45, 2.75) is 71.0 Å². The summed E-state index contributed by atoms with van der Waals surface area (Å²) in [6.45, 7) is 8.54. The van der Waals surface area contributed by atoms with Gasteiger partial charge in [0.1, 0.15) is 5.82 Å². The van der Waals surface area contributed by atoms with Crippen molar-refractivity contribution >= 4 is 34.5 Å². The summed E-state index contributed by atoms with van der Waals surface area (Å²) in [6, 6.07) is 0. The van der Waals surface area contributed by atoms with Crippen LogP contribution in [0.1, 0.15) is 59.3 Å². The molecule has 4 fully saturated rings. The molecule has 2 aromatic rings. The number of carbonyl (C=O) groups is 1. The number of hydrogen-bond acceptors (Lipinski definition) is 6. The number of aromatic nitrogens is 4. The monoisotopic (exact) mass is 456 g/mol. The Morgan fingerprint density at radius 2 is 1.88 bits per heavy atom. The molecule has 0 aromatic carbocycles. The molecule has 2 heterocycles. The highest BCUT2D eigenvalue weighted by atomic mass is 32.2. The van der Waals surface area contributed by atoms with E-state index in [2.05, 4.69) is 36.5 Å². The van der Waals surface area contributed by atoms with Crippen LogP contribution >= 0.6 is 11.8 Å². The van der Waals surface area contributed by atoms with E-state index in [4.69, 9.17) is 9.97 Å². The standard InChI is InChI=1S/C24H36N6OS/c1-4-32-23-28-20(26-13-15(2)3)19-14-27-30(21(19)29-23)6-5-25-22(31)24-10-16-7-17(11-24)9-18(8-16)12-24/h14-18H,4-13H2,1-3H3,(H,25,31)(H,26,28,29). The van der Waals surface area contributed by atoms with Crippen molar-refractivity contribution in [2.75, 3.05) is 24.2 Å². The zero-order valence-electron chi connectivity index (χ0n) is 19.6. The number of anilines is 1. The molecular weight excluding hydrogens is 420 g/mol. The SMILES string of the molecule is CCSc1nc(NCC(C)C)c2cnn(CCNC(=O)C34CC5CC(CC(C5)C3)C4)c2n1. The molecule has 0 spiro atoms. The molecule has 2 N–H and O–H groups in total. The molecule has 4 saturated carbocycles. The molecule has 4 aliphatic carbocycles. The molecular formula is C24H36N6OS. The van der Waals surface area contributed by atoms with E-state index in [0.717, 1.165) is 71.3 Å². The minimum Gasteiger partial charge on any atom is -0.369 e. The fourth-order valence-corrected chi connectivity index (χ4v) is 7.14. The number of fused-ring (bicyclic) bond motifs is 1. The average molecular weight is 457 g/mol. The molecule has 174 valence electrons. The van der Waals surface area contributed by atoms with Gasteiger partial charge in [-0.25, -0.2) is 14.6 Å². The Labute approximate surface area is 194 Å². The summed E-state index contributed by atoms with van der Waals surface area (Å²) in [6.07, 6.45) is 9.23. The lowest BCUT2D eigenvalue weighted by Gasteiger charge is -2.55. The number of thioether (sulfide) groups is 1. The van der Waals surface area contributed by atoms with E-state index in [0.29, 0.717) is 19.0 Å². The van der Waals surface area contributed by atoms with Crippen LogP contribution in [-0.4, -0.2) is 44.5 Å². The van der Waals surface area contributed by atoms with Gasteiger partial charge in [0.2, 0.25) is 5.91 Å². The van der Waals surface area contributed by atoms with Crippen molar-refractivity contribution in [3.05, 3.63) is 6.20 Å². The summed E-state index contributed by atoms with van der Waals surface area (Å²) in [5.74, 6) is 4.93. The second kappa shape index (κ2) is 8.84. The summed E-state index contributed by atoms with van der Waals surface area (Å²) in [5, 5.41) is 13.0. The van der Waals surface area contributed by atoms with Gasteiger partial charge in [-0.2, -0.15) is 5.10 Å². The summed E-state index contributed by atoms with van der Waals surface area (Å²) in [4.78, 5) is 22.7. The van der Waals surface area contributed by atoms with E-state index in [9.17, 15) is 4.79 Å². The minimum atomic E-state index is -0.0953. The number of carbonyl (C=O) groups excluding carboxylic acids is 1. The molecule has 4 bridgehead atoms. The average Bonchev–Trinajstić information content (AvgIpc) is 3.14. The third-order valence-electron chi connectivity index (χ3n) is 7.56. The Morgan fingerprint density at radius 3 is 2.50 bits per heavy atom. The number of hydrogen-bond donors (Lipinski definition) is 2. The first-order chi connectivity index (χ1) is 15.5. The van der Waals surface area contributed by atoms with Crippen LogP contribution in [0.3, 0.4) is 0 Å². The van der Waals surface area contributed by atoms with Crippen molar-refractivity contribution in [3.8, 4) is 0 Å². The van der Waals surface area contributed by atoms with Crippen molar-refractivity contribution in [2.24, 2.45) is 29.1 Å². The summed E-state index contributed by atoms with van der Waals surface area (Å²) < 4.78 is 1.91. The second-order valence-corrected chi connectivity index (χ2v) is 11.9. The van der Waals surface area contributed by atoms with Gasteiger partial charge in [-0.1, -0.05) is 32.5 Å². The lowest BCUT2D eigenvalue weighted by atomic mass is 9.49. The zero-order valence-corrected chi connectivity index (χ0v) is 20.4. The maximum atomic E-state index is 13.3. The highest BCUT2D eigenvalue weighted by Gasteiger charge is 2.54. The summed E-state index contributed by atoms with van der Waals surface area (Å²) >= 11 is 1.64. The molecule has 0 unspecified atom stereocenters. The molecule has 7 nitrogen and oxygen atoms in total. The predicted octanol–water partition coefficient (Wildman–Crippen LogP) is 4.34. The minimum absolute atomic E-state index is 0.0953. The third kappa shape index (κ3) is 4.22. The fourth-order valence-electron chi connectivity index (χ4n) is 6.58. The second-order valence-electron chi connectivity index (χ2n) is 10.6. The highest BCUT2D eigenvalue weighted by Crippen LogP contribution is 2.60. The lowest BCUT2D eigenvalue weighted by molar-refractivity contribution is -0.146. The van der Waals surface area contributed by atoms with Crippen LogP contribution in [0.5, 0.6) is 0 Å². The van der Waals surface area contributed by atoms with Crippen LogP contribution in [0, 0.1) is 29.1 Å². The summed E-state index contributed by atoms with van der Waals surface area (Å²) in [5.41, 5.74) is 0.744. The molecule has 8 heteroatoms. The van der Waals surface area contributed by atoms with E-state index in [1.807, 2.05) is 10.9 Å². The Kier molecular flexibility index (Phi) is 6.07. The van der Waals surface area contributed by atoms with Crippen LogP contribution in [0.4, 0.5) is 5.82 Å². The van der Waals surface area contributed by atoms with E-state index < -0.39 is 0 Å². The number of nitrogens with one attached hydrogen (secondary N) is 2. The largest absolute Gasteiger partial charge is 0.369 e. The van der Waals surface area contributed by atoms with Crippen LogP contribution in [0.25, 0.3) is 11.0 Å². The fraction of sp³-hybridized carbons (Fsp3) is 0.750. The van der Waals surface area contributed by atoms with Gasteiger partial charge in [-0.3, -0.25) is 4.79 Å². The van der Waals surface area contributed by atoms with E-state index in [1.165, 1.54) is 19.3 Å². The Hall–Kier alpha value is -1.83. The normalized spacial score (nSPS) is 28.6. The molecule has 0 atom stereocenters. The van der Waals surface area contributed by atoms with Gasteiger partial charge in [0.05, 0.1) is 18.1 Å². The topological polar surface area (TPSA) is 84.7 Å². The molecule has 1 amide bonds. The first-order valence-electron chi connectivity index (χ1n) is 12.3. The number of amides is 1. The van der Waals surface area contributed by atoms with Gasteiger partial charge in [0.25, 0.3) is 0 Å². The first-order valence-corrected chi connectivity index (χ1v) is 13.3. The van der Waals surface area contributed by atoms with Crippen molar-refractivity contribution in [3.63, 3.8) is 0 Å². The lowest BCUT2D eigenvalue weighted by Crippen LogP contribution is -2.53. The Morgan fingerprint density at radius 1 is 1.19 bits per heavy atom. The highest BCUT2D eigenvalue weighted by molar-refractivity contribution is 7.99. The first kappa shape index (κ1) is 22.0. The van der Waals surface area contributed by atoms with Gasteiger partial charge in [0, 0.05) is 18.5 Å². The van der Waals surface area contributed by atoms with E-state index >= 15 is 0 Å². The maximum absolute atomic E-state index is 13.3. The Balaban J connectivity index is 1.27. The Bertz CT molecular complexity index is 951. The molecule has 4 aliphatic rings. The van der Waals surface area contributed by atoms with Crippen LogP contribution in [0.15, 0.2) is 11.4 Å². The smallest absolute Gasteiger partial charge is 0.226 e. The van der Waals surface area contributed by atoms with E-state index in [1.54, 1.807) is 11.8 Å². The molecule has 6 rings (SSSR count). The van der Waals surface area contributed by atoms with Gasteiger partial charge in [-0.05, 0) is 67.9 Å². The van der Waals surface area contributed by atoms with Crippen molar-refractivity contribution in [1.82, 2.24) is 25.1 Å². The number of nitrogens with zero attached hydrogens (tertiary/aromatic N) is 4. The molecule has 0 aliphatic heterocycles. The van der Waals surface area contributed by atoms with E-state index in [-0.39, 0.29) is 11.3 Å². The van der Waals surface area contributed by atoms with Crippen molar-refractivity contribution in [1.29, 1.82) is 0 Å². The van der Waals surface area contributed by atoms with Crippen LogP contribution in [0.2, 0.25) is 0 Å². The van der Waals surface area contributed by atoms with Gasteiger partial charge in [0.15, 0.2) is 10.8 Å². The molecule has 0 radical (unpaired) electrons. The molecule has 32 heavy (non-hydrogen) atoms. The molecule has 2 aromatic heterocycles. The zero-order chi connectivity index (χ0) is 22.3. The van der Waals surface area contributed by atoms with Gasteiger partial charge < -0.3 is 10.6 Å². The predicted molar refractivity (Wildman–Crippen MR) is 129 cm³/mol. The number of rotatable bonds is 9. The molecule has 0 saturated heterocycles. The maximum Gasteiger partial charge on any atom is 0.226 e. The summed E-state index contributed by atoms with van der Waals surface area (Å²) in [7, 11) is 0. The van der Waals surface area contributed by atoms with Gasteiger partial charge >= 0.3 is 0 Å². The quantitative estimate of drug-likeness (QED) is 0.431. The van der Waals surface area contributed by atoms with Crippen LogP contribution in [-0.2, 0) is 11.3 Å².